The first-order valence-corrected chi connectivity index (χ1v) is 9.60. The number of benzene rings is 3. The standard InChI is InChI=1S/C22H17Cl2N3O/c23-16-11-10-15(13-17(16)24)22(28)27-20(12-14-6-2-1-3-7-14)21-25-18-8-4-5-9-19(18)26-21/h1-11,13,20H,12H2,(H,25,26)(H,27,28)/t20-/m0/s1. The van der Waals surface area contributed by atoms with E-state index in [9.17, 15) is 4.79 Å². The number of hydrogen-bond donors (Lipinski definition) is 2. The smallest absolute Gasteiger partial charge is 0.251 e. The monoisotopic (exact) mass is 409 g/mol. The van der Waals surface area contributed by atoms with Gasteiger partial charge in [0.15, 0.2) is 0 Å². The number of carbonyl (C=O) groups excluding carboxylic acids is 1. The van der Waals surface area contributed by atoms with Gasteiger partial charge in [0.1, 0.15) is 5.82 Å². The van der Waals surface area contributed by atoms with E-state index < -0.39 is 0 Å². The average molecular weight is 410 g/mol. The van der Waals surface area contributed by atoms with Crippen LogP contribution in [0.15, 0.2) is 72.8 Å². The number of aromatic amines is 1. The lowest BCUT2D eigenvalue weighted by Gasteiger charge is -2.17. The minimum absolute atomic E-state index is 0.236. The molecule has 0 unspecified atom stereocenters. The highest BCUT2D eigenvalue weighted by atomic mass is 35.5. The molecule has 0 aliphatic rings. The highest BCUT2D eigenvalue weighted by Crippen LogP contribution is 2.24. The second-order valence-electron chi connectivity index (χ2n) is 6.48. The van der Waals surface area contributed by atoms with E-state index in [4.69, 9.17) is 23.2 Å². The third kappa shape index (κ3) is 4.03. The number of halogens is 2. The van der Waals surface area contributed by atoms with Crippen molar-refractivity contribution >= 4 is 40.1 Å². The normalized spacial score (nSPS) is 12.1. The molecule has 1 aromatic heterocycles. The lowest BCUT2D eigenvalue weighted by atomic mass is 10.0. The molecule has 4 rings (SSSR count). The molecule has 0 bridgehead atoms. The van der Waals surface area contributed by atoms with Crippen LogP contribution < -0.4 is 5.32 Å². The molecule has 0 aliphatic carbocycles. The van der Waals surface area contributed by atoms with E-state index in [1.165, 1.54) is 0 Å². The summed E-state index contributed by atoms with van der Waals surface area (Å²) in [5.74, 6) is 0.471. The average Bonchev–Trinajstić information content (AvgIpc) is 3.14. The van der Waals surface area contributed by atoms with Gasteiger partial charge in [-0.2, -0.15) is 0 Å². The number of carbonyl (C=O) groups is 1. The van der Waals surface area contributed by atoms with Crippen LogP contribution in [0.4, 0.5) is 0 Å². The van der Waals surface area contributed by atoms with Crippen molar-refractivity contribution in [3.63, 3.8) is 0 Å². The summed E-state index contributed by atoms with van der Waals surface area (Å²) in [6, 6.07) is 22.3. The Hall–Kier alpha value is -2.82. The second-order valence-corrected chi connectivity index (χ2v) is 7.30. The fraction of sp³-hybridized carbons (Fsp3) is 0.0909. The quantitative estimate of drug-likeness (QED) is 0.451. The topological polar surface area (TPSA) is 57.8 Å². The van der Waals surface area contributed by atoms with Crippen molar-refractivity contribution in [1.29, 1.82) is 0 Å². The molecule has 0 spiro atoms. The first kappa shape index (κ1) is 18.5. The molecular formula is C22H17Cl2N3O. The van der Waals surface area contributed by atoms with Crippen LogP contribution in [0.5, 0.6) is 0 Å². The van der Waals surface area contributed by atoms with Crippen LogP contribution in [0.1, 0.15) is 27.8 Å². The second kappa shape index (κ2) is 8.05. The minimum atomic E-state index is -0.322. The Morgan fingerprint density at radius 2 is 1.71 bits per heavy atom. The van der Waals surface area contributed by atoms with Gasteiger partial charge < -0.3 is 10.3 Å². The molecule has 1 heterocycles. The SMILES string of the molecule is O=C(N[C@@H](Cc1ccccc1)c1nc2ccccc2[nH]1)c1ccc(Cl)c(Cl)c1. The van der Waals surface area contributed by atoms with Gasteiger partial charge in [-0.05, 0) is 42.3 Å². The van der Waals surface area contributed by atoms with Crippen LogP contribution in [0.2, 0.25) is 10.0 Å². The summed E-state index contributed by atoms with van der Waals surface area (Å²) in [5, 5.41) is 3.83. The van der Waals surface area contributed by atoms with E-state index in [0.717, 1.165) is 16.6 Å². The molecular weight excluding hydrogens is 393 g/mol. The number of amides is 1. The van der Waals surface area contributed by atoms with E-state index in [-0.39, 0.29) is 11.9 Å². The van der Waals surface area contributed by atoms with Gasteiger partial charge in [-0.3, -0.25) is 4.79 Å². The summed E-state index contributed by atoms with van der Waals surface area (Å²) in [7, 11) is 0. The van der Waals surface area contributed by atoms with Crippen LogP contribution >= 0.6 is 23.2 Å². The van der Waals surface area contributed by atoms with Gasteiger partial charge in [0, 0.05) is 5.56 Å². The molecule has 6 heteroatoms. The fourth-order valence-corrected chi connectivity index (χ4v) is 3.38. The molecule has 0 saturated heterocycles. The maximum atomic E-state index is 12.8. The fourth-order valence-electron chi connectivity index (χ4n) is 3.08. The number of rotatable bonds is 5. The molecule has 4 nitrogen and oxygen atoms in total. The number of imidazole rings is 1. The van der Waals surface area contributed by atoms with Crippen molar-refractivity contribution in [3.05, 3.63) is 99.8 Å². The van der Waals surface area contributed by atoms with Gasteiger partial charge in [0.25, 0.3) is 5.91 Å². The van der Waals surface area contributed by atoms with E-state index >= 15 is 0 Å². The maximum Gasteiger partial charge on any atom is 0.251 e. The summed E-state index contributed by atoms with van der Waals surface area (Å²) < 4.78 is 0. The maximum absolute atomic E-state index is 12.8. The summed E-state index contributed by atoms with van der Waals surface area (Å²) >= 11 is 12.0. The van der Waals surface area contributed by atoms with Crippen molar-refractivity contribution < 1.29 is 4.79 Å². The largest absolute Gasteiger partial charge is 0.342 e. The van der Waals surface area contributed by atoms with Crippen LogP contribution in [-0.4, -0.2) is 15.9 Å². The molecule has 0 radical (unpaired) electrons. The first-order valence-electron chi connectivity index (χ1n) is 8.84. The molecule has 140 valence electrons. The Bertz CT molecular complexity index is 1090. The van der Waals surface area contributed by atoms with Gasteiger partial charge >= 0.3 is 0 Å². The summed E-state index contributed by atoms with van der Waals surface area (Å²) in [5.41, 5.74) is 3.34. The molecule has 0 aliphatic heterocycles. The van der Waals surface area contributed by atoms with Crippen LogP contribution in [0, 0.1) is 0 Å². The molecule has 0 fully saturated rings. The lowest BCUT2D eigenvalue weighted by Crippen LogP contribution is -2.30. The molecule has 28 heavy (non-hydrogen) atoms. The van der Waals surface area contributed by atoms with Crippen molar-refractivity contribution in [2.75, 3.05) is 0 Å². The molecule has 4 aromatic rings. The van der Waals surface area contributed by atoms with Crippen LogP contribution in [0.25, 0.3) is 11.0 Å². The lowest BCUT2D eigenvalue weighted by molar-refractivity contribution is 0.0935. The highest BCUT2D eigenvalue weighted by molar-refractivity contribution is 6.42. The number of H-pyrrole nitrogens is 1. The predicted octanol–water partition coefficient (Wildman–Crippen LogP) is 5.58. The van der Waals surface area contributed by atoms with Gasteiger partial charge in [0.2, 0.25) is 0 Å². The van der Waals surface area contributed by atoms with E-state index in [0.29, 0.717) is 27.9 Å². The number of para-hydroxylation sites is 2. The van der Waals surface area contributed by atoms with Crippen molar-refractivity contribution in [2.24, 2.45) is 0 Å². The number of nitrogens with one attached hydrogen (secondary N) is 2. The molecule has 2 N–H and O–H groups in total. The molecule has 0 saturated carbocycles. The van der Waals surface area contributed by atoms with E-state index in [2.05, 4.69) is 15.3 Å². The number of aromatic nitrogens is 2. The zero-order chi connectivity index (χ0) is 19.5. The minimum Gasteiger partial charge on any atom is -0.342 e. The third-order valence-corrected chi connectivity index (χ3v) is 5.25. The van der Waals surface area contributed by atoms with Crippen molar-refractivity contribution in [1.82, 2.24) is 15.3 Å². The van der Waals surface area contributed by atoms with E-state index in [1.807, 2.05) is 54.6 Å². The van der Waals surface area contributed by atoms with E-state index in [1.54, 1.807) is 18.2 Å². The Morgan fingerprint density at radius 3 is 2.46 bits per heavy atom. The highest BCUT2D eigenvalue weighted by Gasteiger charge is 2.20. The number of fused-ring (bicyclic) bond motifs is 1. The first-order chi connectivity index (χ1) is 13.6. The third-order valence-electron chi connectivity index (χ3n) is 4.51. The Balaban J connectivity index is 1.65. The predicted molar refractivity (Wildman–Crippen MR) is 113 cm³/mol. The Kier molecular flexibility index (Phi) is 5.33. The molecule has 1 amide bonds. The van der Waals surface area contributed by atoms with Crippen molar-refractivity contribution in [2.45, 2.75) is 12.5 Å². The van der Waals surface area contributed by atoms with Crippen LogP contribution in [-0.2, 0) is 6.42 Å². The van der Waals surface area contributed by atoms with Gasteiger partial charge in [-0.1, -0.05) is 65.7 Å². The molecule has 3 aromatic carbocycles. The zero-order valence-corrected chi connectivity index (χ0v) is 16.3. The molecule has 1 atom stereocenters. The summed E-state index contributed by atoms with van der Waals surface area (Å²) in [6.45, 7) is 0. The number of nitrogens with zero attached hydrogens (tertiary/aromatic N) is 1. The number of hydrogen-bond acceptors (Lipinski definition) is 2. The summed E-state index contributed by atoms with van der Waals surface area (Å²) in [4.78, 5) is 20.8. The Morgan fingerprint density at radius 1 is 0.964 bits per heavy atom. The Labute approximate surface area is 172 Å². The van der Waals surface area contributed by atoms with Gasteiger partial charge in [-0.25, -0.2) is 4.98 Å². The van der Waals surface area contributed by atoms with Crippen LogP contribution in [0.3, 0.4) is 0 Å². The summed E-state index contributed by atoms with van der Waals surface area (Å²) in [6.07, 6.45) is 0.605. The van der Waals surface area contributed by atoms with Gasteiger partial charge in [0.05, 0.1) is 27.1 Å². The zero-order valence-electron chi connectivity index (χ0n) is 14.8. The van der Waals surface area contributed by atoms with Crippen molar-refractivity contribution in [3.8, 4) is 0 Å². The van der Waals surface area contributed by atoms with Gasteiger partial charge in [-0.15, -0.1) is 0 Å².